The van der Waals surface area contributed by atoms with E-state index in [1.165, 1.54) is 34.0 Å². The van der Waals surface area contributed by atoms with Crippen LogP contribution in [0.4, 0.5) is 0 Å². The number of aromatic nitrogens is 2. The van der Waals surface area contributed by atoms with Crippen LogP contribution in [0.3, 0.4) is 0 Å². The summed E-state index contributed by atoms with van der Waals surface area (Å²) < 4.78 is 1.20. The monoisotopic (exact) mass is 457 g/mol. The first-order valence-electron chi connectivity index (χ1n) is 9.50. The number of amides is 1. The van der Waals surface area contributed by atoms with Crippen LogP contribution < -0.4 is 5.56 Å². The number of H-pyrrole nitrogens is 1. The number of benzene rings is 1. The van der Waals surface area contributed by atoms with Crippen molar-refractivity contribution in [2.75, 3.05) is 7.05 Å². The molecule has 4 rings (SSSR count). The second kappa shape index (κ2) is 9.79. The maximum atomic E-state index is 12.6. The van der Waals surface area contributed by atoms with Crippen LogP contribution in [0, 0.1) is 6.92 Å². The zero-order chi connectivity index (χ0) is 22.1. The topological polar surface area (TPSA) is 103 Å². The molecular weight excluding hydrogens is 437 g/mol. The number of fused-ring (bicyclic) bond motifs is 2. The Morgan fingerprint density at radius 1 is 1.25 bits per heavy atom. The first kappa shape index (κ1) is 23.9. The fourth-order valence-corrected chi connectivity index (χ4v) is 4.59. The summed E-state index contributed by atoms with van der Waals surface area (Å²) in [4.78, 5) is 44.9. The summed E-state index contributed by atoms with van der Waals surface area (Å²) in [6.07, 6.45) is 4.59. The van der Waals surface area contributed by atoms with Gasteiger partial charge in [-0.1, -0.05) is 18.2 Å². The van der Waals surface area contributed by atoms with Gasteiger partial charge in [0.15, 0.2) is 0 Å². The number of carbonyl (C=O) groups excluding carboxylic acids is 1. The van der Waals surface area contributed by atoms with Crippen molar-refractivity contribution in [2.45, 2.75) is 13.5 Å². The maximum absolute atomic E-state index is 12.6. The van der Waals surface area contributed by atoms with E-state index in [1.54, 1.807) is 35.4 Å². The number of pyridine rings is 2. The van der Waals surface area contributed by atoms with Crippen LogP contribution in [0.15, 0.2) is 53.5 Å². The molecular formula is C23H20N3NaO4S. The van der Waals surface area contributed by atoms with Crippen LogP contribution in [0.2, 0.25) is 0 Å². The minimum absolute atomic E-state index is 0. The number of aromatic carboxylic acids is 1. The molecule has 3 aromatic heterocycles. The Balaban J connectivity index is 0.00000289. The Bertz CT molecular complexity index is 1420. The molecule has 0 aliphatic carbocycles. The van der Waals surface area contributed by atoms with Gasteiger partial charge in [-0.3, -0.25) is 9.59 Å². The number of likely N-dealkylation sites (N-methyl/N-ethyl adjacent to an activating group) is 1. The number of carboxylic acids is 1. The molecule has 0 aliphatic rings. The number of carbonyl (C=O) groups is 2. The van der Waals surface area contributed by atoms with Crippen LogP contribution >= 0.6 is 11.3 Å². The molecule has 32 heavy (non-hydrogen) atoms. The number of thiophene rings is 1. The molecule has 0 fully saturated rings. The van der Waals surface area contributed by atoms with Crippen LogP contribution in [-0.4, -0.2) is 68.5 Å². The van der Waals surface area contributed by atoms with Crippen molar-refractivity contribution in [1.82, 2.24) is 14.9 Å². The van der Waals surface area contributed by atoms with Crippen molar-refractivity contribution in [3.8, 4) is 0 Å². The fraction of sp³-hybridized carbons (Fsp3) is 0.130. The molecule has 4 aromatic rings. The molecule has 1 aromatic carbocycles. The summed E-state index contributed by atoms with van der Waals surface area (Å²) in [7, 11) is 1.75. The van der Waals surface area contributed by atoms with Crippen LogP contribution in [-0.2, 0) is 11.3 Å². The molecule has 0 atom stereocenters. The Hall–Kier alpha value is -2.78. The zero-order valence-electron chi connectivity index (χ0n) is 16.9. The van der Waals surface area contributed by atoms with Gasteiger partial charge in [-0.25, -0.2) is 9.78 Å². The van der Waals surface area contributed by atoms with E-state index in [-0.39, 0.29) is 46.7 Å². The first-order valence-corrected chi connectivity index (χ1v) is 10.3. The van der Waals surface area contributed by atoms with E-state index in [4.69, 9.17) is 5.11 Å². The van der Waals surface area contributed by atoms with Crippen molar-refractivity contribution in [3.63, 3.8) is 0 Å². The summed E-state index contributed by atoms with van der Waals surface area (Å²) in [5.41, 5.74) is 1.03. The van der Waals surface area contributed by atoms with Crippen molar-refractivity contribution in [2.24, 2.45) is 0 Å². The summed E-state index contributed by atoms with van der Waals surface area (Å²) in [6.45, 7) is 2.58. The Morgan fingerprint density at radius 3 is 2.72 bits per heavy atom. The Labute approximate surface area is 209 Å². The average molecular weight is 457 g/mol. The first-order chi connectivity index (χ1) is 14.8. The summed E-state index contributed by atoms with van der Waals surface area (Å²) in [6, 6.07) is 11.1. The number of nitrogens with one attached hydrogen (secondary N) is 1. The third-order valence-electron chi connectivity index (χ3n) is 5.06. The fourth-order valence-electron chi connectivity index (χ4n) is 3.32. The van der Waals surface area contributed by atoms with E-state index in [1.807, 2.05) is 12.1 Å². The number of carboxylic acid groups (broad SMARTS) is 1. The normalized spacial score (nSPS) is 11.1. The zero-order valence-corrected chi connectivity index (χ0v) is 17.7. The van der Waals surface area contributed by atoms with Crippen molar-refractivity contribution in [3.05, 3.63) is 80.6 Å². The molecule has 0 radical (unpaired) electrons. The van der Waals surface area contributed by atoms with Gasteiger partial charge >= 0.3 is 35.5 Å². The van der Waals surface area contributed by atoms with Crippen LogP contribution in [0.5, 0.6) is 0 Å². The van der Waals surface area contributed by atoms with Gasteiger partial charge in [0.1, 0.15) is 11.2 Å². The van der Waals surface area contributed by atoms with Gasteiger partial charge in [0.05, 0.1) is 6.54 Å². The van der Waals surface area contributed by atoms with E-state index >= 15 is 0 Å². The van der Waals surface area contributed by atoms with Gasteiger partial charge in [0.2, 0.25) is 5.91 Å². The van der Waals surface area contributed by atoms with E-state index in [0.717, 1.165) is 4.88 Å². The molecule has 1 amide bonds. The molecule has 158 valence electrons. The number of hydrogen-bond donors (Lipinski definition) is 2. The Kier molecular flexibility index (Phi) is 7.30. The summed E-state index contributed by atoms with van der Waals surface area (Å²) in [5, 5.41) is 10.8. The van der Waals surface area contributed by atoms with Gasteiger partial charge in [0, 0.05) is 34.3 Å². The van der Waals surface area contributed by atoms with E-state index in [9.17, 15) is 14.4 Å². The van der Waals surface area contributed by atoms with E-state index < -0.39 is 11.5 Å². The van der Waals surface area contributed by atoms with Crippen molar-refractivity contribution < 1.29 is 14.7 Å². The van der Waals surface area contributed by atoms with Gasteiger partial charge in [-0.15, -0.1) is 11.3 Å². The summed E-state index contributed by atoms with van der Waals surface area (Å²) in [5.74, 6) is -1.47. The summed E-state index contributed by atoms with van der Waals surface area (Å²) >= 11 is 1.69. The predicted octanol–water partition coefficient (Wildman–Crippen LogP) is 3.17. The van der Waals surface area contributed by atoms with Crippen LogP contribution in [0.1, 0.15) is 26.4 Å². The van der Waals surface area contributed by atoms with Gasteiger partial charge in [-0.05, 0) is 47.7 Å². The number of nitrogens with zero attached hydrogens (tertiary/aromatic N) is 2. The predicted molar refractivity (Wildman–Crippen MR) is 129 cm³/mol. The third kappa shape index (κ3) is 4.83. The molecule has 2 N–H and O–H groups in total. The molecule has 3 heterocycles. The number of aryl methyl sites for hydroxylation is 1. The van der Waals surface area contributed by atoms with Crippen molar-refractivity contribution >= 4 is 80.0 Å². The molecule has 0 saturated heterocycles. The second-order valence-corrected chi connectivity index (χ2v) is 8.33. The number of rotatable bonds is 5. The van der Waals surface area contributed by atoms with E-state index in [0.29, 0.717) is 17.5 Å². The van der Waals surface area contributed by atoms with Gasteiger partial charge < -0.3 is 15.0 Å². The van der Waals surface area contributed by atoms with Gasteiger partial charge in [-0.2, -0.15) is 0 Å². The molecule has 0 spiro atoms. The molecule has 7 nitrogen and oxygen atoms in total. The quantitative estimate of drug-likeness (QED) is 0.354. The standard InChI is InChI=1S/C23H19N3O4S.Na.H/c1-13-16-5-3-4-6-18(16)31-19(13)12-26(2)20(27)8-7-14-9-15-10-17(23(29)30)22(28)25-21(15)24-11-14;;/h3-11H,12H2,1-2H3,(H,29,30)(H,24,25,28);;/b8-7+;;. The van der Waals surface area contributed by atoms with E-state index in [2.05, 4.69) is 29.0 Å². The SMILES string of the molecule is Cc1c(CN(C)C(=O)/C=C/c2cnc3[nH]c(=O)c(C(=O)O)cc3c2)sc2ccccc12.[NaH]. The Morgan fingerprint density at radius 2 is 2.00 bits per heavy atom. The van der Waals surface area contributed by atoms with Crippen molar-refractivity contribution in [1.29, 1.82) is 0 Å². The average Bonchev–Trinajstić information content (AvgIpc) is 3.06. The number of hydrogen-bond acceptors (Lipinski definition) is 5. The third-order valence-corrected chi connectivity index (χ3v) is 6.32. The second-order valence-electron chi connectivity index (χ2n) is 7.20. The van der Waals surface area contributed by atoms with Gasteiger partial charge in [0.25, 0.3) is 5.56 Å². The minimum atomic E-state index is -1.31. The molecule has 0 saturated carbocycles. The number of aromatic amines is 1. The molecule has 0 bridgehead atoms. The molecule has 9 heteroatoms. The van der Waals surface area contributed by atoms with Crippen LogP contribution in [0.25, 0.3) is 27.2 Å². The molecule has 0 unspecified atom stereocenters. The molecule has 0 aliphatic heterocycles.